The first kappa shape index (κ1) is 26.8. The van der Waals surface area contributed by atoms with E-state index in [2.05, 4.69) is 75.4 Å². The molecule has 0 bridgehead atoms. The second-order valence-corrected chi connectivity index (χ2v) is 10.9. The molecule has 0 aromatic heterocycles. The Balaban J connectivity index is 1.69. The fraction of sp³-hybridized carbons (Fsp3) is 0.438. The van der Waals surface area contributed by atoms with Crippen molar-refractivity contribution in [2.24, 2.45) is 0 Å². The predicted octanol–water partition coefficient (Wildman–Crippen LogP) is 10.5. The second-order valence-electron chi connectivity index (χ2n) is 10.0. The van der Waals surface area contributed by atoms with Crippen LogP contribution in [0.1, 0.15) is 86.1 Å². The van der Waals surface area contributed by atoms with Gasteiger partial charge in [-0.25, -0.2) is 0 Å². The summed E-state index contributed by atoms with van der Waals surface area (Å²) in [6, 6.07) is 24.1. The molecule has 0 saturated carbocycles. The van der Waals surface area contributed by atoms with Crippen LogP contribution < -0.4 is 0 Å². The summed E-state index contributed by atoms with van der Waals surface area (Å²) in [5.41, 5.74) is 6.98. The standard InChI is InChI=1S/C32H40Cl2/c1-4-20-32(30-19-18-29(33)24-31(30)34,21-7-5-11-27-16-14-25(2)15-17-27)22-8-6-12-28-13-9-10-26(3)23-28/h9-10,13-19,23-24H,4-8,11-12,20-22H2,1-3H3. The maximum Gasteiger partial charge on any atom is 0.0458 e. The smallest absolute Gasteiger partial charge is 0.0458 e. The molecule has 3 aromatic carbocycles. The van der Waals surface area contributed by atoms with E-state index in [-0.39, 0.29) is 5.41 Å². The van der Waals surface area contributed by atoms with Crippen LogP contribution in [0.4, 0.5) is 0 Å². The highest BCUT2D eigenvalue weighted by Crippen LogP contribution is 2.43. The molecule has 0 aliphatic carbocycles. The minimum atomic E-state index is 0.121. The van der Waals surface area contributed by atoms with Gasteiger partial charge in [-0.05, 0) is 93.0 Å². The van der Waals surface area contributed by atoms with Gasteiger partial charge in [-0.3, -0.25) is 0 Å². The van der Waals surface area contributed by atoms with E-state index in [9.17, 15) is 0 Å². The van der Waals surface area contributed by atoms with E-state index in [1.54, 1.807) is 0 Å². The third kappa shape index (κ3) is 7.89. The van der Waals surface area contributed by atoms with Crippen LogP contribution in [-0.2, 0) is 18.3 Å². The molecular weight excluding hydrogens is 455 g/mol. The summed E-state index contributed by atoms with van der Waals surface area (Å²) in [6.07, 6.45) is 11.8. The summed E-state index contributed by atoms with van der Waals surface area (Å²) in [4.78, 5) is 0. The van der Waals surface area contributed by atoms with Crippen LogP contribution in [0.25, 0.3) is 0 Å². The topological polar surface area (TPSA) is 0 Å². The van der Waals surface area contributed by atoms with Gasteiger partial charge in [0.05, 0.1) is 0 Å². The Kier molecular flexibility index (Phi) is 10.5. The van der Waals surface area contributed by atoms with E-state index < -0.39 is 0 Å². The van der Waals surface area contributed by atoms with Gasteiger partial charge in [0.15, 0.2) is 0 Å². The molecule has 0 fully saturated rings. The number of halogens is 2. The van der Waals surface area contributed by atoms with E-state index in [1.807, 2.05) is 12.1 Å². The highest BCUT2D eigenvalue weighted by atomic mass is 35.5. The lowest BCUT2D eigenvalue weighted by molar-refractivity contribution is 0.311. The maximum absolute atomic E-state index is 6.81. The zero-order valence-corrected chi connectivity index (χ0v) is 22.7. The zero-order valence-electron chi connectivity index (χ0n) is 21.2. The molecule has 0 saturated heterocycles. The Morgan fingerprint density at radius 2 is 1.32 bits per heavy atom. The Labute approximate surface area is 217 Å². The van der Waals surface area contributed by atoms with E-state index in [1.165, 1.54) is 72.8 Å². The first-order valence-corrected chi connectivity index (χ1v) is 13.7. The molecule has 0 amide bonds. The Morgan fingerprint density at radius 1 is 0.647 bits per heavy atom. The second kappa shape index (κ2) is 13.4. The molecule has 0 N–H and O–H groups in total. The van der Waals surface area contributed by atoms with Crippen molar-refractivity contribution >= 4 is 23.2 Å². The number of rotatable bonds is 13. The highest BCUT2D eigenvalue weighted by Gasteiger charge is 2.32. The number of benzene rings is 3. The van der Waals surface area contributed by atoms with E-state index in [0.29, 0.717) is 0 Å². The molecule has 0 aliphatic heterocycles. The van der Waals surface area contributed by atoms with E-state index in [0.717, 1.165) is 29.3 Å². The molecule has 2 heteroatoms. The molecule has 3 aromatic rings. The quantitative estimate of drug-likeness (QED) is 0.207. The van der Waals surface area contributed by atoms with Crippen LogP contribution in [0.3, 0.4) is 0 Å². The molecule has 1 atom stereocenters. The summed E-state index contributed by atoms with van der Waals surface area (Å²) in [7, 11) is 0. The van der Waals surface area contributed by atoms with E-state index in [4.69, 9.17) is 23.2 Å². The van der Waals surface area contributed by atoms with Crippen LogP contribution in [0.15, 0.2) is 66.7 Å². The van der Waals surface area contributed by atoms with Crippen LogP contribution in [0.2, 0.25) is 10.0 Å². The first-order valence-electron chi connectivity index (χ1n) is 13.0. The van der Waals surface area contributed by atoms with Crippen molar-refractivity contribution in [1.82, 2.24) is 0 Å². The molecule has 3 rings (SSSR count). The number of unbranched alkanes of at least 4 members (excludes halogenated alkanes) is 2. The molecule has 0 spiro atoms. The van der Waals surface area contributed by atoms with Crippen molar-refractivity contribution in [1.29, 1.82) is 0 Å². The normalized spacial score (nSPS) is 13.1. The maximum atomic E-state index is 6.81. The highest BCUT2D eigenvalue weighted by molar-refractivity contribution is 6.35. The van der Waals surface area contributed by atoms with Gasteiger partial charge in [0.1, 0.15) is 0 Å². The van der Waals surface area contributed by atoms with Gasteiger partial charge in [0.2, 0.25) is 0 Å². The summed E-state index contributed by atoms with van der Waals surface area (Å²) in [5, 5.41) is 1.55. The van der Waals surface area contributed by atoms with Crippen molar-refractivity contribution in [3.63, 3.8) is 0 Å². The summed E-state index contributed by atoms with van der Waals surface area (Å²) in [5.74, 6) is 0. The lowest BCUT2D eigenvalue weighted by Crippen LogP contribution is -2.27. The monoisotopic (exact) mass is 494 g/mol. The molecule has 34 heavy (non-hydrogen) atoms. The fourth-order valence-electron chi connectivity index (χ4n) is 5.38. The lowest BCUT2D eigenvalue weighted by atomic mass is 9.69. The number of hydrogen-bond donors (Lipinski definition) is 0. The van der Waals surface area contributed by atoms with Gasteiger partial charge >= 0.3 is 0 Å². The molecule has 182 valence electrons. The zero-order chi connectivity index (χ0) is 24.4. The van der Waals surface area contributed by atoms with Crippen molar-refractivity contribution in [2.45, 2.75) is 90.4 Å². The van der Waals surface area contributed by atoms with Crippen LogP contribution in [0, 0.1) is 13.8 Å². The predicted molar refractivity (Wildman–Crippen MR) is 151 cm³/mol. The van der Waals surface area contributed by atoms with Gasteiger partial charge in [0, 0.05) is 10.0 Å². The van der Waals surface area contributed by atoms with Gasteiger partial charge < -0.3 is 0 Å². The van der Waals surface area contributed by atoms with Crippen LogP contribution in [0.5, 0.6) is 0 Å². The summed E-state index contributed by atoms with van der Waals surface area (Å²) >= 11 is 13.1. The van der Waals surface area contributed by atoms with Gasteiger partial charge in [-0.15, -0.1) is 0 Å². The SMILES string of the molecule is CCCC(CCCCc1ccc(C)cc1)(CCCCc1cccc(C)c1)c1ccc(Cl)cc1Cl. The molecule has 0 aliphatic rings. The minimum absolute atomic E-state index is 0.121. The minimum Gasteiger partial charge on any atom is -0.0843 e. The first-order chi connectivity index (χ1) is 16.4. The van der Waals surface area contributed by atoms with E-state index >= 15 is 0 Å². The molecule has 0 radical (unpaired) electrons. The average molecular weight is 496 g/mol. The number of aryl methyl sites for hydroxylation is 4. The lowest BCUT2D eigenvalue weighted by Gasteiger charge is -2.36. The third-order valence-electron chi connectivity index (χ3n) is 7.18. The van der Waals surface area contributed by atoms with Gasteiger partial charge in [0.25, 0.3) is 0 Å². The fourth-order valence-corrected chi connectivity index (χ4v) is 5.99. The Bertz CT molecular complexity index is 1020. The number of hydrogen-bond acceptors (Lipinski definition) is 0. The third-order valence-corrected chi connectivity index (χ3v) is 7.72. The summed E-state index contributed by atoms with van der Waals surface area (Å²) < 4.78 is 0. The van der Waals surface area contributed by atoms with Crippen LogP contribution in [-0.4, -0.2) is 0 Å². The van der Waals surface area contributed by atoms with Gasteiger partial charge in [-0.1, -0.05) is 115 Å². The van der Waals surface area contributed by atoms with Crippen molar-refractivity contribution in [3.05, 3.63) is 105 Å². The molecule has 1 unspecified atom stereocenters. The Morgan fingerprint density at radius 3 is 1.94 bits per heavy atom. The molecule has 0 nitrogen and oxygen atoms in total. The van der Waals surface area contributed by atoms with Crippen LogP contribution >= 0.6 is 23.2 Å². The summed E-state index contributed by atoms with van der Waals surface area (Å²) in [6.45, 7) is 6.63. The largest absolute Gasteiger partial charge is 0.0843 e. The van der Waals surface area contributed by atoms with Crippen molar-refractivity contribution in [3.8, 4) is 0 Å². The molecule has 0 heterocycles. The Hall–Kier alpha value is -1.76. The van der Waals surface area contributed by atoms with Crippen molar-refractivity contribution in [2.75, 3.05) is 0 Å². The van der Waals surface area contributed by atoms with Gasteiger partial charge in [-0.2, -0.15) is 0 Å². The van der Waals surface area contributed by atoms with Crippen molar-refractivity contribution < 1.29 is 0 Å². The average Bonchev–Trinajstić information content (AvgIpc) is 2.81. The molecular formula is C32H40Cl2.